The SMILES string of the molecule is O=C(O)CNC(=O)Nc1ncccc1Cl. The third kappa shape index (κ3) is 3.82. The van der Waals surface area contributed by atoms with E-state index >= 15 is 0 Å². The molecule has 2 amide bonds. The summed E-state index contributed by atoms with van der Waals surface area (Å²) in [6.45, 7) is -0.462. The number of nitrogens with one attached hydrogen (secondary N) is 2. The minimum Gasteiger partial charge on any atom is -0.480 e. The first-order valence-electron chi connectivity index (χ1n) is 3.97. The van der Waals surface area contributed by atoms with Gasteiger partial charge >= 0.3 is 12.0 Å². The maximum Gasteiger partial charge on any atom is 0.323 e. The molecule has 7 heteroatoms. The molecule has 0 spiro atoms. The lowest BCUT2D eigenvalue weighted by Gasteiger charge is -2.05. The zero-order chi connectivity index (χ0) is 11.3. The van der Waals surface area contributed by atoms with Crippen molar-refractivity contribution in [2.45, 2.75) is 0 Å². The molecule has 3 N–H and O–H groups in total. The molecule has 0 aromatic carbocycles. The molecule has 0 saturated carbocycles. The lowest BCUT2D eigenvalue weighted by molar-refractivity contribution is -0.135. The van der Waals surface area contributed by atoms with Crippen molar-refractivity contribution in [2.75, 3.05) is 11.9 Å². The van der Waals surface area contributed by atoms with Gasteiger partial charge in [0.1, 0.15) is 6.54 Å². The second kappa shape index (κ2) is 5.16. The topological polar surface area (TPSA) is 91.3 Å². The van der Waals surface area contributed by atoms with Gasteiger partial charge in [0.15, 0.2) is 5.82 Å². The number of hydrogen-bond acceptors (Lipinski definition) is 3. The van der Waals surface area contributed by atoms with E-state index in [1.54, 1.807) is 12.1 Å². The molecule has 0 aliphatic heterocycles. The van der Waals surface area contributed by atoms with E-state index in [2.05, 4.69) is 15.6 Å². The first-order valence-corrected chi connectivity index (χ1v) is 4.34. The molecule has 0 atom stereocenters. The van der Waals surface area contributed by atoms with Crippen molar-refractivity contribution in [3.05, 3.63) is 23.4 Å². The molecule has 80 valence electrons. The van der Waals surface area contributed by atoms with Crippen LogP contribution >= 0.6 is 11.6 Å². The molecule has 0 bridgehead atoms. The van der Waals surface area contributed by atoms with Gasteiger partial charge in [-0.3, -0.25) is 10.1 Å². The first kappa shape index (κ1) is 11.3. The van der Waals surface area contributed by atoms with Gasteiger partial charge in [-0.1, -0.05) is 11.6 Å². The van der Waals surface area contributed by atoms with E-state index in [-0.39, 0.29) is 10.8 Å². The smallest absolute Gasteiger partial charge is 0.323 e. The van der Waals surface area contributed by atoms with Gasteiger partial charge in [-0.15, -0.1) is 0 Å². The number of nitrogens with zero attached hydrogens (tertiary/aromatic N) is 1. The number of carbonyl (C=O) groups is 2. The number of carbonyl (C=O) groups excluding carboxylic acids is 1. The monoisotopic (exact) mass is 229 g/mol. The third-order valence-corrected chi connectivity index (χ3v) is 1.70. The van der Waals surface area contributed by atoms with Crippen LogP contribution in [0.4, 0.5) is 10.6 Å². The highest BCUT2D eigenvalue weighted by molar-refractivity contribution is 6.33. The second-order valence-corrected chi connectivity index (χ2v) is 2.94. The van der Waals surface area contributed by atoms with Crippen LogP contribution in [0.5, 0.6) is 0 Å². The van der Waals surface area contributed by atoms with Crippen molar-refractivity contribution in [2.24, 2.45) is 0 Å². The average molecular weight is 230 g/mol. The summed E-state index contributed by atoms with van der Waals surface area (Å²) in [5, 5.41) is 13.0. The van der Waals surface area contributed by atoms with Gasteiger partial charge in [-0.05, 0) is 12.1 Å². The van der Waals surface area contributed by atoms with E-state index in [1.165, 1.54) is 6.20 Å². The zero-order valence-electron chi connectivity index (χ0n) is 7.53. The Labute approximate surface area is 90.3 Å². The number of hydrogen-bond donors (Lipinski definition) is 3. The van der Waals surface area contributed by atoms with Crippen LogP contribution in [0.25, 0.3) is 0 Å². The molecule has 0 saturated heterocycles. The number of pyridine rings is 1. The maximum atomic E-state index is 11.1. The van der Waals surface area contributed by atoms with Crippen LogP contribution in [0.2, 0.25) is 5.02 Å². The van der Waals surface area contributed by atoms with Crippen molar-refractivity contribution in [3.8, 4) is 0 Å². The van der Waals surface area contributed by atoms with Crippen LogP contribution in [0, 0.1) is 0 Å². The van der Waals surface area contributed by atoms with Gasteiger partial charge in [0.05, 0.1) is 5.02 Å². The predicted octanol–water partition coefficient (Wildman–Crippen LogP) is 0.941. The van der Waals surface area contributed by atoms with E-state index < -0.39 is 18.5 Å². The van der Waals surface area contributed by atoms with Gasteiger partial charge < -0.3 is 10.4 Å². The van der Waals surface area contributed by atoms with Crippen LogP contribution in [0.3, 0.4) is 0 Å². The van der Waals surface area contributed by atoms with Crippen molar-refractivity contribution in [1.82, 2.24) is 10.3 Å². The third-order valence-electron chi connectivity index (χ3n) is 1.39. The number of urea groups is 1. The second-order valence-electron chi connectivity index (χ2n) is 2.54. The van der Waals surface area contributed by atoms with Crippen LogP contribution in [0.15, 0.2) is 18.3 Å². The predicted molar refractivity (Wildman–Crippen MR) is 53.9 cm³/mol. The molecule has 0 unspecified atom stereocenters. The van der Waals surface area contributed by atoms with Gasteiger partial charge in [0, 0.05) is 6.20 Å². The summed E-state index contributed by atoms with van der Waals surface area (Å²) in [7, 11) is 0. The summed E-state index contributed by atoms with van der Waals surface area (Å²) >= 11 is 5.71. The molecule has 0 fully saturated rings. The lowest BCUT2D eigenvalue weighted by Crippen LogP contribution is -2.33. The Bertz CT molecular complexity index is 383. The van der Waals surface area contributed by atoms with Gasteiger partial charge in [0.2, 0.25) is 0 Å². The van der Waals surface area contributed by atoms with Gasteiger partial charge in [-0.25, -0.2) is 9.78 Å². The zero-order valence-corrected chi connectivity index (χ0v) is 8.28. The van der Waals surface area contributed by atoms with Gasteiger partial charge in [-0.2, -0.15) is 0 Å². The van der Waals surface area contributed by atoms with Crippen molar-refractivity contribution < 1.29 is 14.7 Å². The number of rotatable bonds is 3. The normalized spacial score (nSPS) is 9.40. The Morgan fingerprint density at radius 1 is 1.53 bits per heavy atom. The standard InChI is InChI=1S/C8H8ClN3O3/c9-5-2-1-3-10-7(5)12-8(15)11-4-6(13)14/h1-3H,4H2,(H,13,14)(H2,10,11,12,15). The van der Waals surface area contributed by atoms with E-state index in [9.17, 15) is 9.59 Å². The number of carboxylic acid groups (broad SMARTS) is 1. The fourth-order valence-corrected chi connectivity index (χ4v) is 0.954. The maximum absolute atomic E-state index is 11.1. The minimum atomic E-state index is -1.13. The highest BCUT2D eigenvalue weighted by Gasteiger charge is 2.06. The van der Waals surface area contributed by atoms with Crippen molar-refractivity contribution in [3.63, 3.8) is 0 Å². The largest absolute Gasteiger partial charge is 0.480 e. The van der Waals surface area contributed by atoms with Crippen LogP contribution in [0.1, 0.15) is 0 Å². The summed E-state index contributed by atoms with van der Waals surface area (Å²) in [4.78, 5) is 25.0. The van der Waals surface area contributed by atoms with Crippen LogP contribution in [-0.4, -0.2) is 28.6 Å². The number of amides is 2. The number of aliphatic carboxylic acids is 1. The molecule has 1 rings (SSSR count). The fourth-order valence-electron chi connectivity index (χ4n) is 0.785. The number of halogens is 1. The van der Waals surface area contributed by atoms with Gasteiger partial charge in [0.25, 0.3) is 0 Å². The molecule has 1 aromatic heterocycles. The Morgan fingerprint density at radius 3 is 2.87 bits per heavy atom. The fraction of sp³-hybridized carbons (Fsp3) is 0.125. The molecule has 1 heterocycles. The van der Waals surface area contributed by atoms with Crippen molar-refractivity contribution >= 4 is 29.4 Å². The highest BCUT2D eigenvalue weighted by Crippen LogP contribution is 2.16. The average Bonchev–Trinajstić information content (AvgIpc) is 2.18. The van der Waals surface area contributed by atoms with Crippen molar-refractivity contribution in [1.29, 1.82) is 0 Å². The minimum absolute atomic E-state index is 0.182. The lowest BCUT2D eigenvalue weighted by atomic mass is 10.4. The Morgan fingerprint density at radius 2 is 2.27 bits per heavy atom. The molecular weight excluding hydrogens is 222 g/mol. The number of anilines is 1. The van der Waals surface area contributed by atoms with E-state index in [0.717, 1.165) is 0 Å². The van der Waals surface area contributed by atoms with E-state index in [1.807, 2.05) is 0 Å². The Hall–Kier alpha value is -1.82. The molecule has 0 radical (unpaired) electrons. The molecule has 1 aromatic rings. The van der Waals surface area contributed by atoms with E-state index in [0.29, 0.717) is 0 Å². The highest BCUT2D eigenvalue weighted by atomic mass is 35.5. The summed E-state index contributed by atoms with van der Waals surface area (Å²) in [5.41, 5.74) is 0. The molecular formula is C8H8ClN3O3. The molecule has 0 aliphatic rings. The first-order chi connectivity index (χ1) is 7.09. The summed E-state index contributed by atoms with van der Waals surface area (Å²) in [6.07, 6.45) is 1.46. The molecule has 0 aliphatic carbocycles. The molecule has 15 heavy (non-hydrogen) atoms. The summed E-state index contributed by atoms with van der Waals surface area (Å²) in [6, 6.07) is 2.50. The molecule has 6 nitrogen and oxygen atoms in total. The van der Waals surface area contributed by atoms with Crippen LogP contribution in [-0.2, 0) is 4.79 Å². The Balaban J connectivity index is 2.52. The Kier molecular flexibility index (Phi) is 3.87. The number of carboxylic acids is 1. The summed E-state index contributed by atoms with van der Waals surface area (Å²) in [5.74, 6) is -0.945. The van der Waals surface area contributed by atoms with E-state index in [4.69, 9.17) is 16.7 Å². The van der Waals surface area contributed by atoms with Crippen LogP contribution < -0.4 is 10.6 Å². The summed E-state index contributed by atoms with van der Waals surface area (Å²) < 4.78 is 0. The number of aromatic nitrogens is 1. The quantitative estimate of drug-likeness (QED) is 0.719.